The maximum atomic E-state index is 5.45. The Labute approximate surface area is 165 Å². The van der Waals surface area contributed by atoms with Crippen LogP contribution in [0.25, 0.3) is 11.5 Å². The van der Waals surface area contributed by atoms with Crippen LogP contribution in [0.4, 0.5) is 0 Å². The molecule has 0 bridgehead atoms. The predicted octanol–water partition coefficient (Wildman–Crippen LogP) is 4.25. The van der Waals surface area contributed by atoms with E-state index in [0.29, 0.717) is 5.16 Å². The lowest BCUT2D eigenvalue weighted by atomic mass is 10.3. The van der Waals surface area contributed by atoms with Gasteiger partial charge in [0.2, 0.25) is 0 Å². The summed E-state index contributed by atoms with van der Waals surface area (Å²) in [6, 6.07) is 9.89. The van der Waals surface area contributed by atoms with Gasteiger partial charge in [0.25, 0.3) is 0 Å². The Bertz CT molecular complexity index is 1000. The number of aromatic nitrogens is 4. The molecule has 2 aliphatic heterocycles. The average Bonchev–Trinajstić information content (AvgIpc) is 3.35. The van der Waals surface area contributed by atoms with Crippen LogP contribution in [-0.4, -0.2) is 33.7 Å². The molecule has 0 N–H and O–H groups in total. The van der Waals surface area contributed by atoms with Crippen molar-refractivity contribution in [2.24, 2.45) is 0 Å². The Morgan fingerprint density at radius 1 is 1.15 bits per heavy atom. The number of hydrogen-bond donors (Lipinski definition) is 0. The second kappa shape index (κ2) is 7.98. The summed E-state index contributed by atoms with van der Waals surface area (Å²) in [4.78, 5) is 15.9. The number of methoxy groups -OCH3 is 2. The quantitative estimate of drug-likeness (QED) is 0.464. The van der Waals surface area contributed by atoms with E-state index in [1.165, 1.54) is 16.6 Å². The second-order valence-electron chi connectivity index (χ2n) is 5.75. The van der Waals surface area contributed by atoms with Crippen molar-refractivity contribution in [3.63, 3.8) is 0 Å². The topological polar surface area (TPSA) is 62.1 Å². The van der Waals surface area contributed by atoms with E-state index in [0.717, 1.165) is 40.9 Å². The maximum Gasteiger partial charge on any atom is 0.195 e. The van der Waals surface area contributed by atoms with Crippen LogP contribution in [0.2, 0.25) is 0 Å². The maximum absolute atomic E-state index is 5.45. The van der Waals surface area contributed by atoms with Gasteiger partial charge in [-0.3, -0.25) is 0 Å². The van der Waals surface area contributed by atoms with Crippen molar-refractivity contribution in [1.82, 2.24) is 19.5 Å². The fourth-order valence-electron chi connectivity index (χ4n) is 2.72. The molecule has 0 amide bonds. The lowest BCUT2D eigenvalue weighted by Crippen LogP contribution is -2.06. The molecule has 0 saturated carbocycles. The van der Waals surface area contributed by atoms with Crippen molar-refractivity contribution in [3.8, 4) is 23.0 Å². The van der Waals surface area contributed by atoms with Crippen molar-refractivity contribution in [2.75, 3.05) is 14.2 Å². The predicted molar refractivity (Wildman–Crippen MR) is 106 cm³/mol. The van der Waals surface area contributed by atoms with Gasteiger partial charge in [-0.2, -0.15) is 0 Å². The van der Waals surface area contributed by atoms with Gasteiger partial charge in [0.15, 0.2) is 11.0 Å². The number of imidazole rings is 1. The van der Waals surface area contributed by atoms with Crippen LogP contribution in [0.15, 0.2) is 58.3 Å². The number of nitrogens with zero attached hydrogens (tertiary/aromatic N) is 4. The number of benzene rings is 1. The zero-order valence-corrected chi connectivity index (χ0v) is 16.6. The van der Waals surface area contributed by atoms with Gasteiger partial charge < -0.3 is 14.0 Å². The molecule has 1 aromatic carbocycles. The Morgan fingerprint density at radius 2 is 2.07 bits per heavy atom. The van der Waals surface area contributed by atoms with E-state index < -0.39 is 0 Å². The smallest absolute Gasteiger partial charge is 0.195 e. The third-order valence-corrected chi connectivity index (χ3v) is 5.91. The van der Waals surface area contributed by atoms with Crippen LogP contribution in [0.5, 0.6) is 11.5 Å². The lowest BCUT2D eigenvalue weighted by Gasteiger charge is -2.08. The van der Waals surface area contributed by atoms with E-state index in [1.54, 1.807) is 31.8 Å². The van der Waals surface area contributed by atoms with Crippen LogP contribution in [-0.2, 0) is 13.0 Å². The lowest BCUT2D eigenvalue weighted by molar-refractivity contribution is 0.394. The number of hydrogen-bond acceptors (Lipinski definition) is 7. The fraction of sp³-hybridized carbons (Fsp3) is 0.211. The van der Waals surface area contributed by atoms with E-state index in [-0.39, 0.29) is 0 Å². The summed E-state index contributed by atoms with van der Waals surface area (Å²) in [5.74, 6) is 2.37. The number of rotatable bonds is 7. The summed E-state index contributed by atoms with van der Waals surface area (Å²) in [6.45, 7) is 0.816. The molecule has 0 radical (unpaired) electrons. The van der Waals surface area contributed by atoms with Crippen molar-refractivity contribution < 1.29 is 9.47 Å². The van der Waals surface area contributed by atoms with E-state index in [9.17, 15) is 0 Å². The molecule has 0 saturated heterocycles. The molecule has 6 nitrogen and oxygen atoms in total. The summed E-state index contributed by atoms with van der Waals surface area (Å²) < 4.78 is 12.8. The van der Waals surface area contributed by atoms with Gasteiger partial charge in [-0.05, 0) is 47.8 Å². The van der Waals surface area contributed by atoms with Gasteiger partial charge in [0, 0.05) is 11.4 Å². The highest BCUT2D eigenvalue weighted by molar-refractivity contribution is 7.99. The first-order chi connectivity index (χ1) is 13.3. The molecule has 4 rings (SSSR count). The van der Waals surface area contributed by atoms with E-state index in [1.807, 2.05) is 24.5 Å². The third kappa shape index (κ3) is 3.91. The van der Waals surface area contributed by atoms with Crippen LogP contribution in [0, 0.1) is 0 Å². The minimum Gasteiger partial charge on any atom is -0.497 e. The monoisotopic (exact) mass is 398 g/mol. The first kappa shape index (κ1) is 17.8. The van der Waals surface area contributed by atoms with Crippen LogP contribution in [0.1, 0.15) is 4.88 Å². The summed E-state index contributed by atoms with van der Waals surface area (Å²) in [5.41, 5.74) is 0.785. The minimum absolute atomic E-state index is 0.662. The third-order valence-electron chi connectivity index (χ3n) is 4.07. The number of fused-ring (bicyclic) bond motifs is 1. The normalized spacial score (nSPS) is 11.0. The zero-order chi connectivity index (χ0) is 18.6. The molecule has 0 spiro atoms. The van der Waals surface area contributed by atoms with E-state index in [2.05, 4.69) is 32.0 Å². The van der Waals surface area contributed by atoms with Crippen LogP contribution in [0.3, 0.4) is 0 Å². The Morgan fingerprint density at radius 3 is 2.85 bits per heavy atom. The Kier molecular flexibility index (Phi) is 5.26. The summed E-state index contributed by atoms with van der Waals surface area (Å²) in [5, 5.41) is 2.76. The molecule has 3 heterocycles. The standard InChI is InChI=1S/C19H18N4O2S2/c1-24-13-5-6-16(25-2)17(10-13)27-19-21-15-11-20-12-23(18(15)22-19)8-7-14-4-3-9-26-14/h3-6,9-12H,7-8H2,1-2H3. The van der Waals surface area contributed by atoms with Gasteiger partial charge in [-0.1, -0.05) is 6.07 Å². The molecule has 0 atom stereocenters. The largest absolute Gasteiger partial charge is 0.497 e. The van der Waals surface area contributed by atoms with Gasteiger partial charge in [0.05, 0.1) is 31.6 Å². The molecule has 1 aromatic heterocycles. The highest BCUT2D eigenvalue weighted by atomic mass is 32.2. The van der Waals surface area contributed by atoms with Crippen LogP contribution >= 0.6 is 23.1 Å². The van der Waals surface area contributed by atoms with Gasteiger partial charge in [-0.15, -0.1) is 11.3 Å². The molecular formula is C19H18N4O2S2. The summed E-state index contributed by atoms with van der Waals surface area (Å²) in [6.07, 6.45) is 4.50. The SMILES string of the molecule is COc1ccc(OC)c(Sc2nc3cncn(CCc4cccs4)c-3n2)c1. The average molecular weight is 399 g/mol. The summed E-state index contributed by atoms with van der Waals surface area (Å²) in [7, 11) is 3.29. The highest BCUT2D eigenvalue weighted by Crippen LogP contribution is 2.37. The van der Waals surface area contributed by atoms with Crippen molar-refractivity contribution in [2.45, 2.75) is 23.0 Å². The number of ether oxygens (including phenoxy) is 2. The van der Waals surface area contributed by atoms with Crippen molar-refractivity contribution >= 4 is 23.1 Å². The minimum atomic E-state index is 0.662. The second-order valence-corrected chi connectivity index (χ2v) is 7.79. The molecule has 0 unspecified atom stereocenters. The molecular weight excluding hydrogens is 380 g/mol. The highest BCUT2D eigenvalue weighted by Gasteiger charge is 2.17. The Balaban J connectivity index is 1.60. The molecule has 0 fully saturated rings. The van der Waals surface area contributed by atoms with Crippen LogP contribution < -0.4 is 9.47 Å². The summed E-state index contributed by atoms with van der Waals surface area (Å²) >= 11 is 3.21. The van der Waals surface area contributed by atoms with Gasteiger partial charge >= 0.3 is 0 Å². The molecule has 8 heteroatoms. The van der Waals surface area contributed by atoms with Crippen molar-refractivity contribution in [1.29, 1.82) is 0 Å². The molecule has 27 heavy (non-hydrogen) atoms. The Hall–Kier alpha value is -2.58. The fourth-order valence-corrected chi connectivity index (χ4v) is 4.32. The van der Waals surface area contributed by atoms with Gasteiger partial charge in [0.1, 0.15) is 17.2 Å². The first-order valence-corrected chi connectivity index (χ1v) is 10.1. The van der Waals surface area contributed by atoms with E-state index >= 15 is 0 Å². The first-order valence-electron chi connectivity index (χ1n) is 8.37. The van der Waals surface area contributed by atoms with E-state index in [4.69, 9.17) is 14.5 Å². The molecule has 0 aliphatic carbocycles. The molecule has 138 valence electrons. The van der Waals surface area contributed by atoms with Gasteiger partial charge in [-0.25, -0.2) is 15.0 Å². The number of aryl methyl sites for hydroxylation is 2. The van der Waals surface area contributed by atoms with Crippen molar-refractivity contribution in [3.05, 3.63) is 53.1 Å². The molecule has 2 aliphatic rings. The number of thiophene rings is 1. The zero-order valence-electron chi connectivity index (χ0n) is 15.0. The molecule has 2 aromatic rings.